The topological polar surface area (TPSA) is 80.9 Å². The van der Waals surface area contributed by atoms with Crippen LogP contribution in [0.1, 0.15) is 26.2 Å². The van der Waals surface area contributed by atoms with Crippen LogP contribution in [0.25, 0.3) is 0 Å². The Morgan fingerprint density at radius 3 is 2.96 bits per heavy atom. The molecule has 4 fully saturated rings. The lowest BCUT2D eigenvalue weighted by Gasteiger charge is -2.47. The summed E-state index contributed by atoms with van der Waals surface area (Å²) in [7, 11) is 2.01. The van der Waals surface area contributed by atoms with E-state index in [9.17, 15) is 9.18 Å². The normalized spacial score (nSPS) is 46.0. The second kappa shape index (κ2) is 6.96. The molecule has 0 spiro atoms. The van der Waals surface area contributed by atoms with E-state index in [1.807, 2.05) is 7.05 Å². The number of urea groups is 1. The van der Waals surface area contributed by atoms with Crippen LogP contribution in [0.5, 0.6) is 0 Å². The van der Waals surface area contributed by atoms with Gasteiger partial charge in [0.15, 0.2) is 0 Å². The molecule has 0 aromatic rings. The molecule has 9 heteroatoms. The first-order valence-corrected chi connectivity index (χ1v) is 9.36. The molecule has 0 aliphatic carbocycles. The summed E-state index contributed by atoms with van der Waals surface area (Å²) in [6.45, 7) is 3.99. The van der Waals surface area contributed by atoms with E-state index in [-0.39, 0.29) is 43.3 Å². The van der Waals surface area contributed by atoms with Crippen LogP contribution in [0, 0.1) is 0 Å². The van der Waals surface area contributed by atoms with Crippen molar-refractivity contribution >= 4 is 6.03 Å². The zero-order valence-electron chi connectivity index (χ0n) is 14.9. The van der Waals surface area contributed by atoms with E-state index in [1.54, 1.807) is 4.90 Å². The number of carbonyl (C=O) groups excluding carboxylic acids is 1. The Balaban J connectivity index is 1.65. The minimum Gasteiger partial charge on any atom is -0.373 e. The van der Waals surface area contributed by atoms with Crippen molar-refractivity contribution in [2.75, 3.05) is 26.7 Å². The Morgan fingerprint density at radius 2 is 2.12 bits per heavy atom. The lowest BCUT2D eigenvalue weighted by atomic mass is 9.98. The highest BCUT2D eigenvalue weighted by atomic mass is 19.1. The number of alkyl halides is 1. The number of ether oxygens (including phenoxy) is 1. The summed E-state index contributed by atoms with van der Waals surface area (Å²) in [6.07, 6.45) is 0.673. The molecule has 4 N–H and O–H groups in total. The van der Waals surface area contributed by atoms with Crippen molar-refractivity contribution in [1.82, 2.24) is 31.1 Å². The van der Waals surface area contributed by atoms with Crippen LogP contribution in [-0.2, 0) is 4.74 Å². The second-order valence-electron chi connectivity index (χ2n) is 7.61. The van der Waals surface area contributed by atoms with Gasteiger partial charge in [-0.25, -0.2) is 9.18 Å². The van der Waals surface area contributed by atoms with Crippen molar-refractivity contribution in [2.45, 2.75) is 69.2 Å². The van der Waals surface area contributed by atoms with Crippen molar-refractivity contribution in [2.24, 2.45) is 0 Å². The summed E-state index contributed by atoms with van der Waals surface area (Å²) in [5.74, 6) is 0. The Kier molecular flexibility index (Phi) is 4.85. The van der Waals surface area contributed by atoms with E-state index in [1.165, 1.54) is 0 Å². The fourth-order valence-electron chi connectivity index (χ4n) is 4.49. The van der Waals surface area contributed by atoms with Gasteiger partial charge in [-0.15, -0.1) is 0 Å². The van der Waals surface area contributed by atoms with Gasteiger partial charge in [0.05, 0.1) is 18.2 Å². The zero-order chi connectivity index (χ0) is 17.6. The second-order valence-corrected chi connectivity index (χ2v) is 7.61. The maximum absolute atomic E-state index is 14.7. The maximum atomic E-state index is 14.7. The Hall–Kier alpha value is -1.00. The summed E-state index contributed by atoms with van der Waals surface area (Å²) in [6, 6.07) is -0.436. The predicted octanol–water partition coefficient (Wildman–Crippen LogP) is -0.660. The van der Waals surface area contributed by atoms with Gasteiger partial charge < -0.3 is 10.1 Å². The van der Waals surface area contributed by atoms with Gasteiger partial charge in [0.2, 0.25) is 0 Å². The lowest BCUT2D eigenvalue weighted by molar-refractivity contribution is -0.0873. The van der Waals surface area contributed by atoms with Crippen LogP contribution < -0.4 is 21.3 Å². The van der Waals surface area contributed by atoms with Gasteiger partial charge in [-0.2, -0.15) is 0 Å². The molecule has 4 aliphatic rings. The van der Waals surface area contributed by atoms with Gasteiger partial charge in [-0.1, -0.05) is 0 Å². The largest absolute Gasteiger partial charge is 0.373 e. The number of rotatable bonds is 0. The van der Waals surface area contributed by atoms with Gasteiger partial charge in [0.25, 0.3) is 0 Å². The average molecular weight is 356 g/mol. The molecule has 0 radical (unpaired) electrons. The molecule has 4 aliphatic heterocycles. The Labute approximate surface area is 147 Å². The van der Waals surface area contributed by atoms with Crippen molar-refractivity contribution in [3.63, 3.8) is 0 Å². The highest BCUT2D eigenvalue weighted by Crippen LogP contribution is 2.29. The van der Waals surface area contributed by atoms with Crippen LogP contribution in [0.15, 0.2) is 0 Å². The molecule has 4 saturated heterocycles. The van der Waals surface area contributed by atoms with E-state index in [2.05, 4.69) is 33.1 Å². The molecular weight excluding hydrogens is 327 g/mol. The van der Waals surface area contributed by atoms with Gasteiger partial charge in [-0.3, -0.25) is 25.8 Å². The summed E-state index contributed by atoms with van der Waals surface area (Å²) in [5, 5.41) is 12.8. The smallest absolute Gasteiger partial charge is 0.320 e. The third-order valence-corrected chi connectivity index (χ3v) is 5.80. The van der Waals surface area contributed by atoms with E-state index < -0.39 is 12.3 Å². The van der Waals surface area contributed by atoms with Crippen molar-refractivity contribution in [3.8, 4) is 0 Å². The van der Waals surface area contributed by atoms with Crippen molar-refractivity contribution in [1.29, 1.82) is 0 Å². The number of hydrogen-bond acceptors (Lipinski definition) is 6. The molecule has 6 unspecified atom stereocenters. The number of nitrogens with one attached hydrogen (secondary N) is 4. The van der Waals surface area contributed by atoms with Crippen molar-refractivity contribution in [3.05, 3.63) is 0 Å². The SMILES string of the molecule is C[C@H]1CCCN(C)C2NCC(F)C(N2)N2C(=O)NC3NCCC(O1)C32. The van der Waals surface area contributed by atoms with Crippen LogP contribution in [0.4, 0.5) is 9.18 Å². The Morgan fingerprint density at radius 1 is 1.28 bits per heavy atom. The third-order valence-electron chi connectivity index (χ3n) is 5.80. The van der Waals surface area contributed by atoms with E-state index in [0.29, 0.717) is 0 Å². The van der Waals surface area contributed by atoms with Gasteiger partial charge >= 0.3 is 6.03 Å². The summed E-state index contributed by atoms with van der Waals surface area (Å²) in [4.78, 5) is 16.4. The third kappa shape index (κ3) is 3.23. The minimum absolute atomic E-state index is 0.0836. The fourth-order valence-corrected chi connectivity index (χ4v) is 4.49. The Bertz CT molecular complexity index is 511. The first-order valence-electron chi connectivity index (χ1n) is 9.36. The summed E-state index contributed by atoms with van der Waals surface area (Å²) in [5.41, 5.74) is 0. The van der Waals surface area contributed by atoms with Crippen LogP contribution >= 0.6 is 0 Å². The first-order chi connectivity index (χ1) is 12.0. The number of hydrogen-bond donors (Lipinski definition) is 4. The van der Waals surface area contributed by atoms with E-state index in [4.69, 9.17) is 4.74 Å². The molecule has 8 nitrogen and oxygen atoms in total. The van der Waals surface area contributed by atoms with Gasteiger partial charge in [-0.05, 0) is 39.8 Å². The summed E-state index contributed by atoms with van der Waals surface area (Å²) < 4.78 is 21.1. The molecule has 4 rings (SSSR count). The van der Waals surface area contributed by atoms with Crippen LogP contribution in [0.2, 0.25) is 0 Å². The van der Waals surface area contributed by atoms with Crippen LogP contribution in [0.3, 0.4) is 0 Å². The number of halogens is 1. The molecule has 25 heavy (non-hydrogen) atoms. The quantitative estimate of drug-likeness (QED) is 0.461. The number of nitrogens with zero attached hydrogens (tertiary/aromatic N) is 2. The number of amides is 2. The molecule has 7 atom stereocenters. The first kappa shape index (κ1) is 17.4. The zero-order valence-corrected chi connectivity index (χ0v) is 14.9. The number of fused-ring (bicyclic) bond motifs is 3. The average Bonchev–Trinajstić information content (AvgIpc) is 2.91. The number of carbonyl (C=O) groups is 1. The van der Waals surface area contributed by atoms with Gasteiger partial charge in [0.1, 0.15) is 24.8 Å². The monoisotopic (exact) mass is 356 g/mol. The van der Waals surface area contributed by atoms with Crippen LogP contribution in [-0.4, -0.2) is 85.6 Å². The van der Waals surface area contributed by atoms with E-state index in [0.717, 1.165) is 32.4 Å². The molecule has 2 amide bonds. The standard InChI is InChI=1S/C16H29FN6O2/c1-9-4-3-7-22(2)15-19-8-10(17)14(21-15)23-12-11(25-9)5-6-18-13(12)20-16(23)24/h9-15,18-19,21H,3-8H2,1-2H3,(H,20,24)/t9-,10?,11?,12?,13?,14?,15?/m0/s1. The van der Waals surface area contributed by atoms with Gasteiger partial charge in [0, 0.05) is 13.1 Å². The molecule has 0 aromatic carbocycles. The maximum Gasteiger partial charge on any atom is 0.320 e. The molecule has 0 aromatic heterocycles. The highest BCUT2D eigenvalue weighted by Gasteiger charge is 2.52. The van der Waals surface area contributed by atoms with E-state index >= 15 is 0 Å². The predicted molar refractivity (Wildman–Crippen MR) is 90.4 cm³/mol. The number of piperidine rings is 1. The fraction of sp³-hybridized carbons (Fsp3) is 0.938. The molecule has 0 saturated carbocycles. The highest BCUT2D eigenvalue weighted by molar-refractivity contribution is 5.78. The minimum atomic E-state index is -1.17. The molecule has 2 bridgehead atoms. The molecule has 142 valence electrons. The van der Waals surface area contributed by atoms with Crippen molar-refractivity contribution < 1.29 is 13.9 Å². The molecular formula is C16H29FN6O2. The summed E-state index contributed by atoms with van der Waals surface area (Å²) >= 11 is 0. The lowest BCUT2D eigenvalue weighted by Crippen LogP contribution is -2.72. The molecule has 4 heterocycles.